The molecule has 3 nitrogen and oxygen atoms in total. The molecule has 0 aliphatic heterocycles. The van der Waals surface area contributed by atoms with E-state index in [2.05, 4.69) is 4.74 Å². The Morgan fingerprint density at radius 3 is 1.47 bits per heavy atom. The zero-order valence-electron chi connectivity index (χ0n) is 7.99. The van der Waals surface area contributed by atoms with Crippen molar-refractivity contribution in [1.29, 1.82) is 0 Å². The first-order chi connectivity index (χ1) is 7.37. The van der Waals surface area contributed by atoms with Gasteiger partial charge in [0.05, 0.1) is 6.61 Å². The third-order valence-corrected chi connectivity index (χ3v) is 1.70. The van der Waals surface area contributed by atoms with Crippen LogP contribution in [-0.4, -0.2) is 30.6 Å². The van der Waals surface area contributed by atoms with Gasteiger partial charge in [-0.15, -0.1) is 4.91 Å². The summed E-state index contributed by atoms with van der Waals surface area (Å²) in [6.45, 7) is -0.438. The number of alkyl halides is 8. The van der Waals surface area contributed by atoms with Crippen LogP contribution in [0.2, 0.25) is 0 Å². The van der Waals surface area contributed by atoms with Crippen molar-refractivity contribution in [3.8, 4) is 0 Å². The molecule has 17 heavy (non-hydrogen) atoms. The van der Waals surface area contributed by atoms with Crippen LogP contribution in [0.3, 0.4) is 0 Å². The Balaban J connectivity index is 5.95. The molecule has 0 aliphatic rings. The first-order valence-electron chi connectivity index (χ1n) is 3.87. The molecule has 0 radical (unpaired) electrons. The van der Waals surface area contributed by atoms with E-state index in [1.165, 1.54) is 0 Å². The van der Waals surface area contributed by atoms with Gasteiger partial charge >= 0.3 is 24.0 Å². The van der Waals surface area contributed by atoms with Crippen molar-refractivity contribution in [3.05, 3.63) is 4.91 Å². The fourth-order valence-electron chi connectivity index (χ4n) is 0.933. The molecule has 0 aromatic heterocycles. The first-order valence-corrected chi connectivity index (χ1v) is 3.87. The molecule has 102 valence electrons. The Morgan fingerprint density at radius 1 is 0.941 bits per heavy atom. The molecule has 11 heteroatoms. The van der Waals surface area contributed by atoms with Crippen LogP contribution < -0.4 is 0 Å². The molecule has 0 saturated heterocycles. The molecular weight excluding hydrogens is 270 g/mol. The van der Waals surface area contributed by atoms with Crippen molar-refractivity contribution in [1.82, 2.24) is 0 Å². The highest BCUT2D eigenvalue weighted by Gasteiger charge is 2.86. The normalized spacial score (nSPS) is 14.9. The van der Waals surface area contributed by atoms with Crippen LogP contribution in [-0.2, 0) is 4.74 Å². The van der Waals surface area contributed by atoms with Crippen molar-refractivity contribution in [2.45, 2.75) is 30.9 Å². The Bertz CT molecular complexity index is 269. The zero-order chi connectivity index (χ0) is 14.1. The van der Waals surface area contributed by atoms with E-state index in [-0.39, 0.29) is 0 Å². The minimum atomic E-state index is -6.65. The summed E-state index contributed by atoms with van der Waals surface area (Å²) in [5.74, 6) is 0. The maximum absolute atomic E-state index is 12.8. The predicted molar refractivity (Wildman–Crippen MR) is 37.2 cm³/mol. The van der Waals surface area contributed by atoms with E-state index >= 15 is 0 Å². The molecule has 0 amide bonds. The van der Waals surface area contributed by atoms with Crippen LogP contribution >= 0.6 is 0 Å². The third kappa shape index (κ3) is 2.33. The van der Waals surface area contributed by atoms with E-state index in [1.54, 1.807) is 0 Å². The quantitative estimate of drug-likeness (QED) is 0.583. The lowest BCUT2D eigenvalue weighted by molar-refractivity contribution is -0.407. The number of nitrogens with zero attached hydrogens (tertiary/aromatic N) is 1. The Kier molecular flexibility index (Phi) is 4.09. The molecular formula is C6H5F8NO2. The van der Waals surface area contributed by atoms with Crippen molar-refractivity contribution < 1.29 is 39.9 Å². The maximum atomic E-state index is 12.8. The second-order valence-electron chi connectivity index (χ2n) is 2.75. The molecule has 0 aromatic carbocycles. The first kappa shape index (κ1) is 16.0. The summed E-state index contributed by atoms with van der Waals surface area (Å²) in [7, 11) is 0. The minimum absolute atomic E-state index is 0.577. The minimum Gasteiger partial charge on any atom is -0.318 e. The Labute approximate surface area is 88.7 Å². The SMILES string of the molecule is CCOC(F)(F)C(N=O)(C(F)(F)F)C(F)(F)F. The lowest BCUT2D eigenvalue weighted by atomic mass is 9.97. The van der Waals surface area contributed by atoms with Gasteiger partial charge in [-0.25, -0.2) is 0 Å². The predicted octanol–water partition coefficient (Wildman–Crippen LogP) is 3.25. The van der Waals surface area contributed by atoms with Crippen molar-refractivity contribution in [2.75, 3.05) is 6.61 Å². The monoisotopic (exact) mass is 275 g/mol. The van der Waals surface area contributed by atoms with Gasteiger partial charge < -0.3 is 4.74 Å². The van der Waals surface area contributed by atoms with Gasteiger partial charge in [-0.1, -0.05) is 0 Å². The van der Waals surface area contributed by atoms with Crippen molar-refractivity contribution in [2.24, 2.45) is 5.18 Å². The lowest BCUT2D eigenvalue weighted by Gasteiger charge is -2.35. The number of ether oxygens (including phenoxy) is 1. The molecule has 0 fully saturated rings. The van der Waals surface area contributed by atoms with Gasteiger partial charge in [0.25, 0.3) is 0 Å². The van der Waals surface area contributed by atoms with Crippen LogP contribution in [0.1, 0.15) is 6.92 Å². The molecule has 0 N–H and O–H groups in total. The summed E-state index contributed by atoms with van der Waals surface area (Å²) in [5, 5.41) is 0.577. The molecule has 0 saturated carbocycles. The third-order valence-electron chi connectivity index (χ3n) is 1.70. The molecule has 0 bridgehead atoms. The standard InChI is InChI=1S/C6H5F8NO2/c1-2-17-6(13,14)3(15-16,4(7,8)9)5(10,11)12/h2H2,1H3. The number of rotatable bonds is 4. The number of nitroso groups, excluding NO2 is 1. The molecule has 0 aliphatic carbocycles. The highest BCUT2D eigenvalue weighted by molar-refractivity contribution is 5.08. The van der Waals surface area contributed by atoms with E-state index in [4.69, 9.17) is 0 Å². The molecule has 0 heterocycles. The van der Waals surface area contributed by atoms with E-state index in [1.807, 2.05) is 0 Å². The smallest absolute Gasteiger partial charge is 0.318 e. The van der Waals surface area contributed by atoms with Crippen LogP contribution in [0.15, 0.2) is 5.18 Å². The van der Waals surface area contributed by atoms with Crippen LogP contribution in [0.25, 0.3) is 0 Å². The molecule has 0 atom stereocenters. The van der Waals surface area contributed by atoms with Gasteiger partial charge in [-0.05, 0) is 12.1 Å². The lowest BCUT2D eigenvalue weighted by Crippen LogP contribution is -2.67. The number of halogens is 8. The van der Waals surface area contributed by atoms with Gasteiger partial charge in [0.2, 0.25) is 0 Å². The Hall–Kier alpha value is -1.00. The topological polar surface area (TPSA) is 38.7 Å². The second-order valence-corrected chi connectivity index (χ2v) is 2.75. The van der Waals surface area contributed by atoms with Gasteiger partial charge in [-0.3, -0.25) is 0 Å². The summed E-state index contributed by atoms with van der Waals surface area (Å²) in [4.78, 5) is 9.79. The molecule has 0 unspecified atom stereocenters. The summed E-state index contributed by atoms with van der Waals surface area (Å²) < 4.78 is 101. The van der Waals surface area contributed by atoms with Crippen LogP contribution in [0.5, 0.6) is 0 Å². The van der Waals surface area contributed by atoms with Crippen LogP contribution in [0, 0.1) is 4.91 Å². The molecule has 0 aromatic rings. The van der Waals surface area contributed by atoms with E-state index in [0.717, 1.165) is 6.92 Å². The zero-order valence-corrected chi connectivity index (χ0v) is 7.99. The fraction of sp³-hybridized carbons (Fsp3) is 1.00. The van der Waals surface area contributed by atoms with Gasteiger partial charge in [0, 0.05) is 0 Å². The fourth-order valence-corrected chi connectivity index (χ4v) is 0.933. The molecule has 0 spiro atoms. The maximum Gasteiger partial charge on any atom is 0.435 e. The van der Waals surface area contributed by atoms with Crippen molar-refractivity contribution in [3.63, 3.8) is 0 Å². The number of hydrogen-bond donors (Lipinski definition) is 0. The second kappa shape index (κ2) is 4.35. The summed E-state index contributed by atoms with van der Waals surface area (Å²) in [6, 6.07) is 0. The van der Waals surface area contributed by atoms with Crippen LogP contribution in [0.4, 0.5) is 35.1 Å². The average molecular weight is 275 g/mol. The summed E-state index contributed by atoms with van der Waals surface area (Å²) in [5.41, 5.74) is -6.12. The summed E-state index contributed by atoms with van der Waals surface area (Å²) >= 11 is 0. The van der Waals surface area contributed by atoms with Gasteiger partial charge in [0.1, 0.15) is 0 Å². The Morgan fingerprint density at radius 2 is 1.29 bits per heavy atom. The van der Waals surface area contributed by atoms with Gasteiger partial charge in [0.15, 0.2) is 0 Å². The highest BCUT2D eigenvalue weighted by Crippen LogP contribution is 2.54. The van der Waals surface area contributed by atoms with E-state index in [0.29, 0.717) is 5.18 Å². The summed E-state index contributed by atoms with van der Waals surface area (Å²) in [6.07, 6.45) is -19.1. The molecule has 0 rings (SSSR count). The highest BCUT2D eigenvalue weighted by atomic mass is 19.4. The number of hydrogen-bond acceptors (Lipinski definition) is 3. The average Bonchev–Trinajstić information content (AvgIpc) is 1.98. The van der Waals surface area contributed by atoms with E-state index < -0.39 is 30.6 Å². The van der Waals surface area contributed by atoms with E-state index in [9.17, 15) is 40.0 Å². The van der Waals surface area contributed by atoms with Crippen molar-refractivity contribution >= 4 is 0 Å². The van der Waals surface area contributed by atoms with Gasteiger partial charge in [-0.2, -0.15) is 35.1 Å². The largest absolute Gasteiger partial charge is 0.435 e.